The maximum Gasteiger partial charge on any atom is 0.335 e. The van der Waals surface area contributed by atoms with Gasteiger partial charge in [-0.25, -0.2) is 14.8 Å². The van der Waals surface area contributed by atoms with Crippen molar-refractivity contribution in [2.24, 2.45) is 7.05 Å². The number of pyridine rings is 1. The molecule has 0 aliphatic heterocycles. The molecule has 0 radical (unpaired) electrons. The van der Waals surface area contributed by atoms with Crippen LogP contribution in [0.4, 0.5) is 5.82 Å². The van der Waals surface area contributed by atoms with E-state index in [2.05, 4.69) is 20.4 Å². The van der Waals surface area contributed by atoms with Crippen LogP contribution in [-0.2, 0) is 19.0 Å². The largest absolute Gasteiger partial charge is 0.478 e. The molecular weight excluding hydrogens is 270 g/mol. The van der Waals surface area contributed by atoms with E-state index in [0.29, 0.717) is 18.2 Å². The summed E-state index contributed by atoms with van der Waals surface area (Å²) >= 11 is 0. The first-order valence-electron chi connectivity index (χ1n) is 6.60. The molecule has 2 aromatic heterocycles. The summed E-state index contributed by atoms with van der Waals surface area (Å²) in [6.07, 6.45) is 1.61. The third kappa shape index (κ3) is 3.77. The number of rotatable bonds is 4. The predicted molar refractivity (Wildman–Crippen MR) is 78.2 cm³/mol. The number of aromatic carboxylic acids is 1. The Kier molecular flexibility index (Phi) is 3.93. The lowest BCUT2D eigenvalue weighted by molar-refractivity contribution is 0.0696. The average molecular weight is 289 g/mol. The molecule has 7 heteroatoms. The SMILES string of the molecule is Cn1cnc(CNc2cc(C(=O)O)cc(C(C)(C)C)n2)n1. The van der Waals surface area contributed by atoms with E-state index in [4.69, 9.17) is 0 Å². The zero-order chi connectivity index (χ0) is 15.6. The lowest BCUT2D eigenvalue weighted by Gasteiger charge is -2.19. The summed E-state index contributed by atoms with van der Waals surface area (Å²) in [6.45, 7) is 6.36. The highest BCUT2D eigenvalue weighted by Gasteiger charge is 2.19. The maximum absolute atomic E-state index is 11.2. The zero-order valence-electron chi connectivity index (χ0n) is 12.6. The molecule has 0 saturated carbocycles. The highest BCUT2D eigenvalue weighted by atomic mass is 16.4. The highest BCUT2D eigenvalue weighted by molar-refractivity contribution is 5.88. The molecule has 0 aliphatic rings. The number of carboxylic acid groups (broad SMARTS) is 1. The molecule has 0 saturated heterocycles. The van der Waals surface area contributed by atoms with E-state index in [-0.39, 0.29) is 11.0 Å². The van der Waals surface area contributed by atoms with Crippen LogP contribution >= 0.6 is 0 Å². The first-order chi connectivity index (χ1) is 9.75. The summed E-state index contributed by atoms with van der Waals surface area (Å²) in [5.74, 6) is 0.159. The Balaban J connectivity index is 2.25. The monoisotopic (exact) mass is 289 g/mol. The lowest BCUT2D eigenvalue weighted by Crippen LogP contribution is -2.16. The quantitative estimate of drug-likeness (QED) is 0.891. The molecule has 0 bridgehead atoms. The van der Waals surface area contributed by atoms with E-state index in [1.54, 1.807) is 24.1 Å². The lowest BCUT2D eigenvalue weighted by atomic mass is 9.91. The normalized spacial score (nSPS) is 11.4. The summed E-state index contributed by atoms with van der Waals surface area (Å²) in [5, 5.41) is 16.4. The van der Waals surface area contributed by atoms with Gasteiger partial charge < -0.3 is 10.4 Å². The van der Waals surface area contributed by atoms with Gasteiger partial charge in [-0.05, 0) is 12.1 Å². The minimum absolute atomic E-state index is 0.214. The van der Waals surface area contributed by atoms with Gasteiger partial charge in [0.25, 0.3) is 0 Å². The van der Waals surface area contributed by atoms with Gasteiger partial charge in [-0.2, -0.15) is 5.10 Å². The van der Waals surface area contributed by atoms with E-state index in [0.717, 1.165) is 5.69 Å². The molecule has 0 fully saturated rings. The van der Waals surface area contributed by atoms with Gasteiger partial charge in [0.15, 0.2) is 5.82 Å². The van der Waals surface area contributed by atoms with Gasteiger partial charge in [-0.3, -0.25) is 4.68 Å². The van der Waals surface area contributed by atoms with E-state index in [1.165, 1.54) is 6.07 Å². The van der Waals surface area contributed by atoms with Gasteiger partial charge in [0.2, 0.25) is 0 Å². The van der Waals surface area contributed by atoms with Crippen molar-refractivity contribution >= 4 is 11.8 Å². The molecule has 2 heterocycles. The van der Waals surface area contributed by atoms with Crippen molar-refractivity contribution < 1.29 is 9.90 Å². The molecule has 0 atom stereocenters. The molecule has 0 aromatic carbocycles. The number of carbonyl (C=O) groups is 1. The summed E-state index contributed by atoms with van der Waals surface area (Å²) < 4.78 is 1.61. The van der Waals surface area contributed by atoms with Crippen LogP contribution in [0.5, 0.6) is 0 Å². The molecule has 2 N–H and O–H groups in total. The summed E-state index contributed by atoms with van der Waals surface area (Å²) in [4.78, 5) is 19.8. The number of nitrogens with one attached hydrogen (secondary N) is 1. The van der Waals surface area contributed by atoms with Gasteiger partial charge in [-0.1, -0.05) is 20.8 Å². The fourth-order valence-corrected chi connectivity index (χ4v) is 1.76. The molecule has 2 aromatic rings. The van der Waals surface area contributed by atoms with Crippen LogP contribution in [0.2, 0.25) is 0 Å². The minimum Gasteiger partial charge on any atom is -0.478 e. The minimum atomic E-state index is -0.970. The number of hydrogen-bond acceptors (Lipinski definition) is 5. The van der Waals surface area contributed by atoms with Crippen molar-refractivity contribution in [1.82, 2.24) is 19.7 Å². The fraction of sp³-hybridized carbons (Fsp3) is 0.429. The summed E-state index contributed by atoms with van der Waals surface area (Å²) in [5.41, 5.74) is 0.704. The molecule has 2 rings (SSSR count). The molecule has 21 heavy (non-hydrogen) atoms. The van der Waals surface area contributed by atoms with Gasteiger partial charge in [0.05, 0.1) is 12.1 Å². The molecule has 0 aliphatic carbocycles. The van der Waals surface area contributed by atoms with Gasteiger partial charge in [-0.15, -0.1) is 0 Å². The van der Waals surface area contributed by atoms with Crippen LogP contribution in [0.15, 0.2) is 18.5 Å². The molecule has 0 spiro atoms. The van der Waals surface area contributed by atoms with Crippen molar-refractivity contribution in [3.63, 3.8) is 0 Å². The van der Waals surface area contributed by atoms with Crippen LogP contribution in [0.25, 0.3) is 0 Å². The molecule has 0 unspecified atom stereocenters. The Labute approximate surface area is 123 Å². The molecule has 7 nitrogen and oxygen atoms in total. The number of aromatic nitrogens is 4. The Morgan fingerprint density at radius 3 is 2.62 bits per heavy atom. The fourth-order valence-electron chi connectivity index (χ4n) is 1.76. The Hall–Kier alpha value is -2.44. The first-order valence-corrected chi connectivity index (χ1v) is 6.60. The van der Waals surface area contributed by atoms with Gasteiger partial charge in [0.1, 0.15) is 12.1 Å². The number of aryl methyl sites for hydroxylation is 1. The molecule has 112 valence electrons. The number of hydrogen-bond donors (Lipinski definition) is 2. The average Bonchev–Trinajstić information content (AvgIpc) is 2.81. The molecule has 0 amide bonds. The number of anilines is 1. The first kappa shape index (κ1) is 15.0. The number of nitrogens with zero attached hydrogens (tertiary/aromatic N) is 4. The van der Waals surface area contributed by atoms with Crippen LogP contribution in [0, 0.1) is 0 Å². The predicted octanol–water partition coefficient (Wildman–Crippen LogP) is 1.82. The van der Waals surface area contributed by atoms with Crippen molar-refractivity contribution in [2.75, 3.05) is 5.32 Å². The third-order valence-corrected chi connectivity index (χ3v) is 2.92. The summed E-state index contributed by atoms with van der Waals surface area (Å²) in [7, 11) is 1.79. The van der Waals surface area contributed by atoms with Crippen LogP contribution in [-0.4, -0.2) is 30.8 Å². The molecular formula is C14H19N5O2. The van der Waals surface area contributed by atoms with E-state index < -0.39 is 5.97 Å². The van der Waals surface area contributed by atoms with Crippen molar-refractivity contribution in [2.45, 2.75) is 32.7 Å². The smallest absolute Gasteiger partial charge is 0.335 e. The summed E-state index contributed by atoms with van der Waals surface area (Å²) in [6, 6.07) is 3.12. The number of carboxylic acids is 1. The second-order valence-electron chi connectivity index (χ2n) is 5.87. The second kappa shape index (κ2) is 5.51. The van der Waals surface area contributed by atoms with Gasteiger partial charge in [0, 0.05) is 18.2 Å². The Bertz CT molecular complexity index is 658. The van der Waals surface area contributed by atoms with Crippen molar-refractivity contribution in [3.05, 3.63) is 35.5 Å². The Morgan fingerprint density at radius 1 is 1.38 bits per heavy atom. The van der Waals surface area contributed by atoms with Crippen LogP contribution in [0.3, 0.4) is 0 Å². The van der Waals surface area contributed by atoms with Crippen molar-refractivity contribution in [3.8, 4) is 0 Å². The van der Waals surface area contributed by atoms with Crippen molar-refractivity contribution in [1.29, 1.82) is 0 Å². The zero-order valence-corrected chi connectivity index (χ0v) is 12.6. The Morgan fingerprint density at radius 2 is 2.10 bits per heavy atom. The van der Waals surface area contributed by atoms with E-state index in [9.17, 15) is 9.90 Å². The van der Waals surface area contributed by atoms with Crippen LogP contribution < -0.4 is 5.32 Å². The van der Waals surface area contributed by atoms with Gasteiger partial charge >= 0.3 is 5.97 Å². The maximum atomic E-state index is 11.2. The standard InChI is InChI=1S/C14H19N5O2/c1-14(2,3)10-5-9(13(20)21)6-11(17-10)15-7-12-16-8-19(4)18-12/h5-6,8H,7H2,1-4H3,(H,15,17)(H,20,21). The second-order valence-corrected chi connectivity index (χ2v) is 5.87. The topological polar surface area (TPSA) is 92.9 Å². The van der Waals surface area contributed by atoms with Crippen LogP contribution in [0.1, 0.15) is 42.6 Å². The van der Waals surface area contributed by atoms with E-state index >= 15 is 0 Å². The third-order valence-electron chi connectivity index (χ3n) is 2.92. The highest BCUT2D eigenvalue weighted by Crippen LogP contribution is 2.23. The van der Waals surface area contributed by atoms with E-state index in [1.807, 2.05) is 20.8 Å².